The van der Waals surface area contributed by atoms with Gasteiger partial charge in [0.2, 0.25) is 6.41 Å². The summed E-state index contributed by atoms with van der Waals surface area (Å²) in [5.41, 5.74) is 3.87. The number of nitrogens with one attached hydrogen (secondary N) is 1. The third-order valence-corrected chi connectivity index (χ3v) is 6.57. The standard InChI is InChI=1S/C25H24ClF2N3O2/c1-15-24(30-19-7-8-21(28)23(12-19)33-2)20(13-29-25(15)26)22-11-17(9-10-31(22)14-32)16-3-5-18(27)6-4-16/h3-8,12-14,17,22H,9-11H2,1-2H3,(H,29,30). The van der Waals surface area contributed by atoms with Gasteiger partial charge in [0.1, 0.15) is 11.0 Å². The number of ether oxygens (including phenoxy) is 1. The Hall–Kier alpha value is -3.19. The number of anilines is 2. The van der Waals surface area contributed by atoms with Crippen molar-refractivity contribution in [2.75, 3.05) is 19.0 Å². The van der Waals surface area contributed by atoms with E-state index in [0.717, 1.165) is 24.0 Å². The minimum atomic E-state index is -0.464. The van der Waals surface area contributed by atoms with Crippen LogP contribution in [0.2, 0.25) is 5.15 Å². The van der Waals surface area contributed by atoms with E-state index in [2.05, 4.69) is 10.3 Å². The largest absolute Gasteiger partial charge is 0.494 e. The van der Waals surface area contributed by atoms with Crippen LogP contribution < -0.4 is 10.1 Å². The number of hydrogen-bond donors (Lipinski definition) is 1. The van der Waals surface area contributed by atoms with Crippen LogP contribution in [0.5, 0.6) is 5.75 Å². The van der Waals surface area contributed by atoms with Crippen molar-refractivity contribution in [2.24, 2.45) is 0 Å². The molecule has 1 fully saturated rings. The second-order valence-electron chi connectivity index (χ2n) is 8.11. The number of carbonyl (C=O) groups excluding carboxylic acids is 1. The average Bonchev–Trinajstić information content (AvgIpc) is 2.83. The Kier molecular flexibility index (Phi) is 6.79. The number of methoxy groups -OCH3 is 1. The molecule has 1 amide bonds. The highest BCUT2D eigenvalue weighted by atomic mass is 35.5. The molecule has 1 aromatic heterocycles. The third kappa shape index (κ3) is 4.78. The van der Waals surface area contributed by atoms with Crippen LogP contribution in [0.4, 0.5) is 20.2 Å². The summed E-state index contributed by atoms with van der Waals surface area (Å²) in [5.74, 6) is -0.474. The summed E-state index contributed by atoms with van der Waals surface area (Å²) < 4.78 is 32.4. The average molecular weight is 472 g/mol. The molecule has 172 valence electrons. The summed E-state index contributed by atoms with van der Waals surface area (Å²) in [6.45, 7) is 2.40. The molecule has 33 heavy (non-hydrogen) atoms. The van der Waals surface area contributed by atoms with Gasteiger partial charge in [-0.1, -0.05) is 23.7 Å². The first kappa shape index (κ1) is 23.0. The Morgan fingerprint density at radius 1 is 1.21 bits per heavy atom. The molecule has 2 atom stereocenters. The highest BCUT2D eigenvalue weighted by Gasteiger charge is 2.32. The van der Waals surface area contributed by atoms with E-state index < -0.39 is 5.82 Å². The monoisotopic (exact) mass is 471 g/mol. The molecule has 0 spiro atoms. The van der Waals surface area contributed by atoms with E-state index in [4.69, 9.17) is 16.3 Å². The highest BCUT2D eigenvalue weighted by molar-refractivity contribution is 6.30. The van der Waals surface area contributed by atoms with E-state index in [9.17, 15) is 13.6 Å². The van der Waals surface area contributed by atoms with Gasteiger partial charge in [0, 0.05) is 35.6 Å². The highest BCUT2D eigenvalue weighted by Crippen LogP contribution is 2.43. The first-order valence-electron chi connectivity index (χ1n) is 10.6. The SMILES string of the molecule is COc1cc(Nc2c(C3CC(c4ccc(F)cc4)CCN3C=O)cnc(Cl)c2C)ccc1F. The lowest BCUT2D eigenvalue weighted by Gasteiger charge is -2.38. The number of amides is 1. The first-order valence-corrected chi connectivity index (χ1v) is 11.0. The first-order chi connectivity index (χ1) is 15.9. The summed E-state index contributed by atoms with van der Waals surface area (Å²) in [6, 6.07) is 10.7. The van der Waals surface area contributed by atoms with Crippen LogP contribution in [-0.4, -0.2) is 29.9 Å². The van der Waals surface area contributed by atoms with Crippen molar-refractivity contribution in [2.45, 2.75) is 31.7 Å². The van der Waals surface area contributed by atoms with E-state index in [-0.39, 0.29) is 23.5 Å². The van der Waals surface area contributed by atoms with Gasteiger partial charge in [-0.25, -0.2) is 13.8 Å². The van der Waals surface area contributed by atoms with E-state index in [1.54, 1.807) is 35.4 Å². The minimum absolute atomic E-state index is 0.114. The Morgan fingerprint density at radius 3 is 2.67 bits per heavy atom. The van der Waals surface area contributed by atoms with E-state index in [1.807, 2.05) is 6.92 Å². The Morgan fingerprint density at radius 2 is 1.97 bits per heavy atom. The van der Waals surface area contributed by atoms with Gasteiger partial charge in [0.15, 0.2) is 11.6 Å². The van der Waals surface area contributed by atoms with Crippen LogP contribution in [0.1, 0.15) is 41.5 Å². The van der Waals surface area contributed by atoms with Crippen LogP contribution in [-0.2, 0) is 4.79 Å². The van der Waals surface area contributed by atoms with Crippen molar-refractivity contribution >= 4 is 29.4 Å². The minimum Gasteiger partial charge on any atom is -0.494 e. The van der Waals surface area contributed by atoms with Gasteiger partial charge in [-0.3, -0.25) is 4.79 Å². The third-order valence-electron chi connectivity index (χ3n) is 6.19. The van der Waals surface area contributed by atoms with Crippen LogP contribution >= 0.6 is 11.6 Å². The zero-order valence-corrected chi connectivity index (χ0v) is 19.1. The lowest BCUT2D eigenvalue weighted by atomic mass is 9.82. The number of piperidine rings is 1. The number of pyridine rings is 1. The van der Waals surface area contributed by atoms with Crippen molar-refractivity contribution in [3.63, 3.8) is 0 Å². The molecule has 1 aliphatic rings. The molecule has 2 aromatic carbocycles. The van der Waals surface area contributed by atoms with Crippen molar-refractivity contribution in [3.05, 3.63) is 82.1 Å². The Bertz CT molecular complexity index is 1160. The fourth-order valence-corrected chi connectivity index (χ4v) is 4.50. The topological polar surface area (TPSA) is 54.5 Å². The van der Waals surface area contributed by atoms with Crippen molar-refractivity contribution in [3.8, 4) is 5.75 Å². The van der Waals surface area contributed by atoms with Gasteiger partial charge in [-0.05, 0) is 55.5 Å². The lowest BCUT2D eigenvalue weighted by Crippen LogP contribution is -2.35. The summed E-state index contributed by atoms with van der Waals surface area (Å²) in [7, 11) is 1.40. The van der Waals surface area contributed by atoms with Gasteiger partial charge in [-0.15, -0.1) is 0 Å². The van der Waals surface area contributed by atoms with E-state index >= 15 is 0 Å². The maximum Gasteiger partial charge on any atom is 0.210 e. The van der Waals surface area contributed by atoms with Crippen molar-refractivity contribution in [1.29, 1.82) is 0 Å². The van der Waals surface area contributed by atoms with Gasteiger partial charge in [0.05, 0.1) is 18.8 Å². The molecule has 0 bridgehead atoms. The van der Waals surface area contributed by atoms with Crippen LogP contribution in [0.3, 0.4) is 0 Å². The zero-order valence-electron chi connectivity index (χ0n) is 18.3. The Balaban J connectivity index is 1.72. The maximum absolute atomic E-state index is 13.9. The Labute approximate surface area is 196 Å². The quantitative estimate of drug-likeness (QED) is 0.346. The predicted molar refractivity (Wildman–Crippen MR) is 124 cm³/mol. The number of benzene rings is 2. The van der Waals surface area contributed by atoms with Crippen LogP contribution in [0.15, 0.2) is 48.7 Å². The van der Waals surface area contributed by atoms with Crippen molar-refractivity contribution < 1.29 is 18.3 Å². The molecule has 3 aromatic rings. The molecule has 8 heteroatoms. The number of halogens is 3. The molecular formula is C25H24ClF2N3O2. The molecule has 0 radical (unpaired) electrons. The van der Waals surface area contributed by atoms with Gasteiger partial charge in [0.25, 0.3) is 0 Å². The maximum atomic E-state index is 13.9. The number of carbonyl (C=O) groups is 1. The van der Waals surface area contributed by atoms with Crippen LogP contribution in [0.25, 0.3) is 0 Å². The second-order valence-corrected chi connectivity index (χ2v) is 8.47. The second kappa shape index (κ2) is 9.75. The molecule has 0 saturated carbocycles. The molecule has 1 aliphatic heterocycles. The summed E-state index contributed by atoms with van der Waals surface area (Å²) in [4.78, 5) is 18.0. The van der Waals surface area contributed by atoms with Gasteiger partial charge >= 0.3 is 0 Å². The summed E-state index contributed by atoms with van der Waals surface area (Å²) in [6.07, 6.45) is 3.94. The molecule has 1 saturated heterocycles. The fourth-order valence-electron chi connectivity index (χ4n) is 4.36. The van der Waals surface area contributed by atoms with Gasteiger partial charge < -0.3 is 15.0 Å². The van der Waals surface area contributed by atoms with Crippen LogP contribution in [0, 0.1) is 18.6 Å². The predicted octanol–water partition coefficient (Wildman–Crippen LogP) is 6.15. The lowest BCUT2D eigenvalue weighted by molar-refractivity contribution is -0.121. The molecule has 5 nitrogen and oxygen atoms in total. The smallest absolute Gasteiger partial charge is 0.210 e. The number of rotatable bonds is 6. The zero-order chi connectivity index (χ0) is 23.5. The van der Waals surface area contributed by atoms with Gasteiger partial charge in [-0.2, -0.15) is 0 Å². The summed E-state index contributed by atoms with van der Waals surface area (Å²) in [5, 5.41) is 3.66. The number of aromatic nitrogens is 1. The normalized spacial score (nSPS) is 18.2. The molecular weight excluding hydrogens is 448 g/mol. The number of hydrogen-bond acceptors (Lipinski definition) is 4. The molecule has 2 heterocycles. The molecule has 4 rings (SSSR count). The number of likely N-dealkylation sites (tertiary alicyclic amines) is 1. The molecule has 0 aliphatic carbocycles. The van der Waals surface area contributed by atoms with E-state index in [0.29, 0.717) is 35.1 Å². The number of nitrogens with zero attached hydrogens (tertiary/aromatic N) is 2. The fraction of sp³-hybridized carbons (Fsp3) is 0.280. The molecule has 1 N–H and O–H groups in total. The summed E-state index contributed by atoms with van der Waals surface area (Å²) >= 11 is 6.33. The van der Waals surface area contributed by atoms with E-state index in [1.165, 1.54) is 25.3 Å². The van der Waals surface area contributed by atoms with Crippen molar-refractivity contribution in [1.82, 2.24) is 9.88 Å². The molecule has 2 unspecified atom stereocenters.